The summed E-state index contributed by atoms with van der Waals surface area (Å²) in [5.41, 5.74) is 1.15. The van der Waals surface area contributed by atoms with Crippen LogP contribution in [0.2, 0.25) is 5.02 Å². The third kappa shape index (κ3) is 4.45. The molecule has 1 aromatic rings. The number of hydrogen-bond acceptors (Lipinski definition) is 2. The van der Waals surface area contributed by atoms with Gasteiger partial charge >= 0.3 is 0 Å². The molecule has 0 heterocycles. The number of rotatable bonds is 3. The second-order valence-electron chi connectivity index (χ2n) is 4.50. The van der Waals surface area contributed by atoms with E-state index in [1.807, 2.05) is 24.9 Å². The molecule has 0 saturated heterocycles. The zero-order valence-electron chi connectivity index (χ0n) is 9.73. The Bertz CT molecular complexity index is 331. The third-order valence-electron chi connectivity index (χ3n) is 1.82. The topological polar surface area (TPSA) is 12.0 Å². The summed E-state index contributed by atoms with van der Waals surface area (Å²) in [6.07, 6.45) is 0. The molecule has 1 rings (SSSR count). The van der Waals surface area contributed by atoms with Gasteiger partial charge in [0.1, 0.15) is 0 Å². The lowest BCUT2D eigenvalue weighted by Gasteiger charge is -2.18. The van der Waals surface area contributed by atoms with Gasteiger partial charge in [0.15, 0.2) is 0 Å². The number of thioether (sulfide) groups is 1. The SMILES string of the molecule is CNCc1ccc(SC(C)(C)C)cc1Cl. The summed E-state index contributed by atoms with van der Waals surface area (Å²) >= 11 is 8.02. The summed E-state index contributed by atoms with van der Waals surface area (Å²) in [5.74, 6) is 0. The summed E-state index contributed by atoms with van der Waals surface area (Å²) in [5, 5.41) is 3.95. The van der Waals surface area contributed by atoms with Crippen LogP contribution in [-0.2, 0) is 6.54 Å². The largest absolute Gasteiger partial charge is 0.316 e. The molecule has 0 fully saturated rings. The van der Waals surface area contributed by atoms with E-state index < -0.39 is 0 Å². The van der Waals surface area contributed by atoms with Gasteiger partial charge in [-0.1, -0.05) is 38.4 Å². The van der Waals surface area contributed by atoms with E-state index in [4.69, 9.17) is 11.6 Å². The van der Waals surface area contributed by atoms with Gasteiger partial charge in [0.2, 0.25) is 0 Å². The van der Waals surface area contributed by atoms with Crippen molar-refractivity contribution >= 4 is 23.4 Å². The monoisotopic (exact) mass is 243 g/mol. The highest BCUT2D eigenvalue weighted by Crippen LogP contribution is 2.33. The van der Waals surface area contributed by atoms with Gasteiger partial charge in [-0.25, -0.2) is 0 Å². The van der Waals surface area contributed by atoms with Crippen molar-refractivity contribution in [2.75, 3.05) is 7.05 Å². The van der Waals surface area contributed by atoms with Crippen LogP contribution in [0.4, 0.5) is 0 Å². The molecule has 1 aromatic carbocycles. The van der Waals surface area contributed by atoms with Crippen LogP contribution in [0.5, 0.6) is 0 Å². The van der Waals surface area contributed by atoms with Crippen molar-refractivity contribution < 1.29 is 0 Å². The molecule has 1 N–H and O–H groups in total. The highest BCUT2D eigenvalue weighted by atomic mass is 35.5. The quantitative estimate of drug-likeness (QED) is 0.807. The lowest BCUT2D eigenvalue weighted by Crippen LogP contribution is -2.07. The minimum atomic E-state index is 0.230. The molecule has 0 saturated carbocycles. The van der Waals surface area contributed by atoms with Crippen LogP contribution >= 0.6 is 23.4 Å². The first-order valence-electron chi connectivity index (χ1n) is 5.04. The number of hydrogen-bond donors (Lipinski definition) is 1. The van der Waals surface area contributed by atoms with E-state index >= 15 is 0 Å². The third-order valence-corrected chi connectivity index (χ3v) is 3.27. The molecule has 0 spiro atoms. The maximum absolute atomic E-state index is 6.18. The minimum Gasteiger partial charge on any atom is -0.316 e. The molecule has 0 amide bonds. The summed E-state index contributed by atoms with van der Waals surface area (Å²) in [6.45, 7) is 7.42. The van der Waals surface area contributed by atoms with Crippen LogP contribution in [0.15, 0.2) is 23.1 Å². The minimum absolute atomic E-state index is 0.230. The molecule has 84 valence electrons. The van der Waals surface area contributed by atoms with Gasteiger partial charge in [-0.15, -0.1) is 11.8 Å². The van der Waals surface area contributed by atoms with Crippen LogP contribution in [0.25, 0.3) is 0 Å². The predicted octanol–water partition coefficient (Wildman–Crippen LogP) is 3.95. The van der Waals surface area contributed by atoms with E-state index in [0.29, 0.717) is 0 Å². The second-order valence-corrected chi connectivity index (χ2v) is 6.81. The fraction of sp³-hybridized carbons (Fsp3) is 0.500. The van der Waals surface area contributed by atoms with Crippen molar-refractivity contribution in [3.63, 3.8) is 0 Å². The number of halogens is 1. The van der Waals surface area contributed by atoms with Gasteiger partial charge in [0.05, 0.1) is 0 Å². The average Bonchev–Trinajstić information content (AvgIpc) is 2.07. The van der Waals surface area contributed by atoms with E-state index in [9.17, 15) is 0 Å². The van der Waals surface area contributed by atoms with E-state index in [1.165, 1.54) is 4.90 Å². The first kappa shape index (κ1) is 12.9. The number of benzene rings is 1. The Labute approximate surface area is 102 Å². The Kier molecular flexibility index (Phi) is 4.50. The summed E-state index contributed by atoms with van der Waals surface area (Å²) in [6, 6.07) is 6.27. The highest BCUT2D eigenvalue weighted by Gasteiger charge is 2.12. The highest BCUT2D eigenvalue weighted by molar-refractivity contribution is 8.00. The molecule has 0 unspecified atom stereocenters. The maximum Gasteiger partial charge on any atom is 0.0462 e. The average molecular weight is 244 g/mol. The Morgan fingerprint density at radius 3 is 2.47 bits per heavy atom. The molecule has 15 heavy (non-hydrogen) atoms. The predicted molar refractivity (Wildman–Crippen MR) is 69.8 cm³/mol. The van der Waals surface area contributed by atoms with Crippen LogP contribution in [0.3, 0.4) is 0 Å². The van der Waals surface area contributed by atoms with Gasteiger partial charge in [-0.05, 0) is 24.7 Å². The van der Waals surface area contributed by atoms with Crippen LogP contribution in [0.1, 0.15) is 26.3 Å². The zero-order chi connectivity index (χ0) is 11.5. The smallest absolute Gasteiger partial charge is 0.0462 e. The second kappa shape index (κ2) is 5.24. The van der Waals surface area contributed by atoms with Crippen molar-refractivity contribution in [3.05, 3.63) is 28.8 Å². The molecule has 0 radical (unpaired) electrons. The molecular weight excluding hydrogens is 226 g/mol. The lowest BCUT2D eigenvalue weighted by molar-refractivity contribution is 0.801. The Morgan fingerprint density at radius 2 is 2.00 bits per heavy atom. The fourth-order valence-electron chi connectivity index (χ4n) is 1.28. The molecule has 0 aliphatic heterocycles. The van der Waals surface area contributed by atoms with Crippen LogP contribution in [0, 0.1) is 0 Å². The summed E-state index contributed by atoms with van der Waals surface area (Å²) < 4.78 is 0.230. The molecule has 0 aromatic heterocycles. The maximum atomic E-state index is 6.18. The Hall–Kier alpha value is -0.180. The van der Waals surface area contributed by atoms with Crippen molar-refractivity contribution in [1.82, 2.24) is 5.32 Å². The molecule has 0 bridgehead atoms. The van der Waals surface area contributed by atoms with E-state index in [1.54, 1.807) is 0 Å². The van der Waals surface area contributed by atoms with Gasteiger partial charge in [-0.3, -0.25) is 0 Å². The van der Waals surface area contributed by atoms with Crippen molar-refractivity contribution in [1.29, 1.82) is 0 Å². The first-order chi connectivity index (χ1) is 6.92. The first-order valence-corrected chi connectivity index (χ1v) is 6.24. The molecule has 0 aliphatic rings. The molecule has 0 aliphatic carbocycles. The lowest BCUT2D eigenvalue weighted by atomic mass is 10.2. The van der Waals surface area contributed by atoms with Gasteiger partial charge in [-0.2, -0.15) is 0 Å². The molecule has 0 atom stereocenters. The zero-order valence-corrected chi connectivity index (χ0v) is 11.3. The van der Waals surface area contributed by atoms with Crippen LogP contribution < -0.4 is 5.32 Å². The molecule has 3 heteroatoms. The van der Waals surface area contributed by atoms with Gasteiger partial charge in [0.25, 0.3) is 0 Å². The number of nitrogens with one attached hydrogen (secondary N) is 1. The summed E-state index contributed by atoms with van der Waals surface area (Å²) in [4.78, 5) is 1.23. The van der Waals surface area contributed by atoms with E-state index in [-0.39, 0.29) is 4.75 Å². The Morgan fingerprint density at radius 1 is 1.33 bits per heavy atom. The van der Waals surface area contributed by atoms with Crippen molar-refractivity contribution in [2.45, 2.75) is 37.0 Å². The Balaban J connectivity index is 2.82. The van der Waals surface area contributed by atoms with Gasteiger partial charge in [0, 0.05) is 21.2 Å². The standard InChI is InChI=1S/C12H18ClNS/c1-12(2,3)15-10-6-5-9(8-14-4)11(13)7-10/h5-7,14H,8H2,1-4H3. The molecular formula is C12H18ClNS. The normalized spacial score (nSPS) is 11.8. The van der Waals surface area contributed by atoms with Gasteiger partial charge < -0.3 is 5.32 Å². The van der Waals surface area contributed by atoms with E-state index in [0.717, 1.165) is 17.1 Å². The van der Waals surface area contributed by atoms with Crippen LogP contribution in [-0.4, -0.2) is 11.8 Å². The fourth-order valence-corrected chi connectivity index (χ4v) is 2.61. The van der Waals surface area contributed by atoms with E-state index in [2.05, 4.69) is 38.2 Å². The summed E-state index contributed by atoms with van der Waals surface area (Å²) in [7, 11) is 1.92. The van der Waals surface area contributed by atoms with Crippen molar-refractivity contribution in [3.8, 4) is 0 Å². The molecule has 1 nitrogen and oxygen atoms in total. The van der Waals surface area contributed by atoms with Crippen molar-refractivity contribution in [2.24, 2.45) is 0 Å².